The second-order valence-corrected chi connectivity index (χ2v) is 1.30. The maximum absolute atomic E-state index is 11.9. The van der Waals surface area contributed by atoms with Gasteiger partial charge in [-0.25, -0.2) is 0 Å². The summed E-state index contributed by atoms with van der Waals surface area (Å²) in [5.74, 6) is -1.44. The Morgan fingerprint density at radius 2 is 2.11 bits per heavy atom. The van der Waals surface area contributed by atoms with Gasteiger partial charge in [-0.1, -0.05) is 0 Å². The lowest BCUT2D eigenvalue weighted by Crippen LogP contribution is -2.39. The van der Waals surface area contributed by atoms with Crippen molar-refractivity contribution in [1.82, 2.24) is 5.32 Å². The average molecular weight is 139 g/mol. The van der Waals surface area contributed by atoms with Crippen molar-refractivity contribution in [3.05, 3.63) is 0 Å². The van der Waals surface area contributed by atoms with Gasteiger partial charge in [-0.05, 0) is 0 Å². The van der Waals surface area contributed by atoms with Crippen LogP contribution in [0, 0.1) is 0 Å². The topological polar surface area (TPSA) is 38.3 Å². The minimum Gasteiger partial charge on any atom is -0.352 e. The number of halogens is 2. The Labute approximate surface area is 51.0 Å². The van der Waals surface area contributed by atoms with Crippen LogP contribution in [0.3, 0.4) is 0 Å². The highest BCUT2D eigenvalue weighted by Crippen LogP contribution is 2.12. The van der Waals surface area contributed by atoms with Crippen LogP contribution < -0.4 is 5.32 Å². The molecule has 0 radical (unpaired) electrons. The standard InChI is InChI=1S/C4H7F2NO2/c1-7-3(8)4(5,6)9-2/h1-2H3,(H,7,8). The lowest BCUT2D eigenvalue weighted by Gasteiger charge is -2.10. The van der Waals surface area contributed by atoms with Gasteiger partial charge in [0.25, 0.3) is 0 Å². The van der Waals surface area contributed by atoms with Gasteiger partial charge in [0.1, 0.15) is 0 Å². The quantitative estimate of drug-likeness (QED) is 0.583. The van der Waals surface area contributed by atoms with Crippen molar-refractivity contribution in [3.63, 3.8) is 0 Å². The zero-order valence-electron chi connectivity index (χ0n) is 5.07. The fourth-order valence-corrected chi connectivity index (χ4v) is 0.238. The van der Waals surface area contributed by atoms with Gasteiger partial charge < -0.3 is 10.1 Å². The van der Waals surface area contributed by atoms with Gasteiger partial charge >= 0.3 is 12.0 Å². The van der Waals surface area contributed by atoms with Gasteiger partial charge in [0, 0.05) is 14.2 Å². The highest BCUT2D eigenvalue weighted by Gasteiger charge is 2.37. The zero-order chi connectivity index (χ0) is 7.49. The van der Waals surface area contributed by atoms with Crippen LogP contribution in [0.5, 0.6) is 0 Å². The maximum Gasteiger partial charge on any atom is 0.436 e. The minimum atomic E-state index is -3.70. The summed E-state index contributed by atoms with van der Waals surface area (Å²) < 4.78 is 27.4. The van der Waals surface area contributed by atoms with E-state index in [0.717, 1.165) is 14.2 Å². The number of ether oxygens (including phenoxy) is 1. The molecule has 0 aliphatic heterocycles. The summed E-state index contributed by atoms with van der Waals surface area (Å²) in [6.07, 6.45) is -3.70. The Morgan fingerprint density at radius 3 is 2.22 bits per heavy atom. The predicted molar refractivity (Wildman–Crippen MR) is 26.0 cm³/mol. The van der Waals surface area contributed by atoms with Crippen LogP contribution in [0.4, 0.5) is 8.78 Å². The van der Waals surface area contributed by atoms with Crippen molar-refractivity contribution < 1.29 is 18.3 Å². The van der Waals surface area contributed by atoms with Crippen molar-refractivity contribution in [2.45, 2.75) is 6.11 Å². The van der Waals surface area contributed by atoms with Crippen molar-refractivity contribution in [1.29, 1.82) is 0 Å². The maximum atomic E-state index is 11.9. The summed E-state index contributed by atoms with van der Waals surface area (Å²) in [6, 6.07) is 0. The van der Waals surface area contributed by atoms with Gasteiger partial charge in [0.2, 0.25) is 0 Å². The molecule has 0 fully saturated rings. The Hall–Kier alpha value is -0.710. The molecule has 0 unspecified atom stereocenters. The lowest BCUT2D eigenvalue weighted by molar-refractivity contribution is -0.218. The SMILES string of the molecule is CNC(=O)C(F)(F)OC. The predicted octanol–water partition coefficient (Wildman–Crippen LogP) is -0.0284. The summed E-state index contributed by atoms with van der Waals surface area (Å²) in [4.78, 5) is 10.1. The van der Waals surface area contributed by atoms with Crippen LogP contribution in [0.2, 0.25) is 0 Å². The molecule has 0 spiro atoms. The average Bonchev–Trinajstić information content (AvgIpc) is 1.86. The summed E-state index contributed by atoms with van der Waals surface area (Å²) in [5, 5.41) is 1.74. The van der Waals surface area contributed by atoms with E-state index < -0.39 is 12.0 Å². The fourth-order valence-electron chi connectivity index (χ4n) is 0.238. The molecule has 0 aromatic rings. The number of alkyl halides is 2. The van der Waals surface area contributed by atoms with Gasteiger partial charge in [-0.15, -0.1) is 0 Å². The third kappa shape index (κ3) is 1.93. The number of methoxy groups -OCH3 is 1. The first-order valence-electron chi connectivity index (χ1n) is 2.19. The molecule has 0 heterocycles. The molecule has 0 aliphatic carbocycles. The minimum absolute atomic E-state index is 0.759. The Bertz CT molecular complexity index is 115. The lowest BCUT2D eigenvalue weighted by atomic mass is 10.6. The number of nitrogens with one attached hydrogen (secondary N) is 1. The van der Waals surface area contributed by atoms with E-state index in [1.165, 1.54) is 0 Å². The highest BCUT2D eigenvalue weighted by molar-refractivity contribution is 5.81. The van der Waals surface area contributed by atoms with E-state index in [1.54, 1.807) is 5.32 Å². The van der Waals surface area contributed by atoms with E-state index in [0.29, 0.717) is 0 Å². The van der Waals surface area contributed by atoms with Crippen LogP contribution >= 0.6 is 0 Å². The van der Waals surface area contributed by atoms with Crippen molar-refractivity contribution in [3.8, 4) is 0 Å². The normalized spacial score (nSPS) is 11.1. The number of carbonyl (C=O) groups is 1. The van der Waals surface area contributed by atoms with Crippen LogP contribution in [0.25, 0.3) is 0 Å². The summed E-state index contributed by atoms with van der Waals surface area (Å²) >= 11 is 0. The first kappa shape index (κ1) is 8.29. The molecule has 0 bridgehead atoms. The van der Waals surface area contributed by atoms with Gasteiger partial charge in [-0.2, -0.15) is 8.78 Å². The first-order valence-corrected chi connectivity index (χ1v) is 2.19. The third-order valence-corrected chi connectivity index (χ3v) is 0.748. The number of amides is 1. The molecule has 0 rings (SSSR count). The van der Waals surface area contributed by atoms with E-state index in [2.05, 4.69) is 4.74 Å². The molecular weight excluding hydrogens is 132 g/mol. The first-order chi connectivity index (χ1) is 4.04. The summed E-state index contributed by atoms with van der Waals surface area (Å²) in [5.41, 5.74) is 0. The zero-order valence-corrected chi connectivity index (χ0v) is 5.07. The van der Waals surface area contributed by atoms with E-state index in [4.69, 9.17) is 0 Å². The van der Waals surface area contributed by atoms with Crippen LogP contribution in [0.15, 0.2) is 0 Å². The molecular formula is C4H7F2NO2. The van der Waals surface area contributed by atoms with E-state index in [9.17, 15) is 13.6 Å². The highest BCUT2D eigenvalue weighted by atomic mass is 19.3. The molecule has 0 saturated heterocycles. The molecule has 1 amide bonds. The molecule has 0 aromatic heterocycles. The number of carbonyl (C=O) groups excluding carboxylic acids is 1. The van der Waals surface area contributed by atoms with Gasteiger partial charge in [0.15, 0.2) is 0 Å². The van der Waals surface area contributed by atoms with Crippen LogP contribution in [-0.2, 0) is 9.53 Å². The van der Waals surface area contributed by atoms with Gasteiger partial charge in [-0.3, -0.25) is 4.79 Å². The molecule has 0 atom stereocenters. The Balaban J connectivity index is 3.97. The van der Waals surface area contributed by atoms with Crippen molar-refractivity contribution in [2.75, 3.05) is 14.2 Å². The van der Waals surface area contributed by atoms with Crippen molar-refractivity contribution in [2.24, 2.45) is 0 Å². The molecule has 3 nitrogen and oxygen atoms in total. The Kier molecular flexibility index (Phi) is 2.51. The molecule has 9 heavy (non-hydrogen) atoms. The second kappa shape index (κ2) is 2.72. The molecule has 0 aromatic carbocycles. The molecule has 54 valence electrons. The third-order valence-electron chi connectivity index (χ3n) is 0.748. The number of likely N-dealkylation sites (N-methyl/N-ethyl adjacent to an activating group) is 1. The van der Waals surface area contributed by atoms with E-state index in [1.807, 2.05) is 0 Å². The van der Waals surface area contributed by atoms with Crippen LogP contribution in [0.1, 0.15) is 0 Å². The molecule has 0 aliphatic rings. The number of hydrogen-bond acceptors (Lipinski definition) is 2. The fraction of sp³-hybridized carbons (Fsp3) is 0.750. The number of hydrogen-bond donors (Lipinski definition) is 1. The Morgan fingerprint density at radius 1 is 1.67 bits per heavy atom. The molecule has 0 saturated carbocycles. The smallest absolute Gasteiger partial charge is 0.352 e. The van der Waals surface area contributed by atoms with Crippen molar-refractivity contribution >= 4 is 5.91 Å². The molecule has 1 N–H and O–H groups in total. The largest absolute Gasteiger partial charge is 0.436 e. The summed E-state index contributed by atoms with van der Waals surface area (Å²) in [6.45, 7) is 0. The van der Waals surface area contributed by atoms with Crippen LogP contribution in [-0.4, -0.2) is 26.2 Å². The monoisotopic (exact) mass is 139 g/mol. The van der Waals surface area contributed by atoms with Gasteiger partial charge in [0.05, 0.1) is 0 Å². The number of rotatable bonds is 2. The van der Waals surface area contributed by atoms with E-state index in [-0.39, 0.29) is 0 Å². The summed E-state index contributed by atoms with van der Waals surface area (Å²) in [7, 11) is 1.87. The molecule has 5 heteroatoms. The second-order valence-electron chi connectivity index (χ2n) is 1.30. The van der Waals surface area contributed by atoms with E-state index >= 15 is 0 Å².